The van der Waals surface area contributed by atoms with Crippen molar-refractivity contribution in [3.05, 3.63) is 0 Å². The average molecular weight is 395 g/mol. The van der Waals surface area contributed by atoms with Crippen LogP contribution in [0.1, 0.15) is 73.1 Å². The normalized spacial score (nSPS) is 31.7. The molecule has 0 aromatic carbocycles. The molecule has 2 saturated carbocycles. The van der Waals surface area contributed by atoms with E-state index in [0.717, 1.165) is 25.7 Å². The molecule has 26 heavy (non-hydrogen) atoms. The fourth-order valence-electron chi connectivity index (χ4n) is 4.80. The lowest BCUT2D eigenvalue weighted by atomic mass is 9.64. The van der Waals surface area contributed by atoms with Crippen LogP contribution in [-0.2, 0) is 19.4 Å². The highest BCUT2D eigenvalue weighted by molar-refractivity contribution is 7.93. The van der Waals surface area contributed by atoms with E-state index in [-0.39, 0.29) is 30.0 Å². The van der Waals surface area contributed by atoms with Gasteiger partial charge in [0.15, 0.2) is 0 Å². The molecule has 0 bridgehead atoms. The molecule has 0 aliphatic heterocycles. The number of sulfone groups is 1. The number of hydrogen-bond acceptors (Lipinski definition) is 4. The minimum atomic E-state index is -4.59. The third-order valence-electron chi connectivity index (χ3n) is 6.48. The van der Waals surface area contributed by atoms with Gasteiger partial charge in [-0.1, -0.05) is 6.92 Å². The van der Waals surface area contributed by atoms with Crippen LogP contribution in [0.2, 0.25) is 0 Å². The predicted octanol–water partition coefficient (Wildman–Crippen LogP) is 4.37. The van der Waals surface area contributed by atoms with Gasteiger partial charge in [0.25, 0.3) is 0 Å². The molecule has 2 fully saturated rings. The fraction of sp³-hybridized carbons (Fsp3) is 0.947. The molecule has 4 atom stereocenters. The van der Waals surface area contributed by atoms with Gasteiger partial charge >= 0.3 is 5.25 Å². The monoisotopic (exact) mass is 394 g/mol. The van der Waals surface area contributed by atoms with E-state index in [9.17, 15) is 22.0 Å². The van der Waals surface area contributed by atoms with Crippen molar-refractivity contribution in [2.75, 3.05) is 6.61 Å². The number of fused-ring (bicyclic) bond motifs is 1. The van der Waals surface area contributed by atoms with E-state index in [2.05, 4.69) is 6.92 Å². The Balaban J connectivity index is 1.97. The van der Waals surface area contributed by atoms with Gasteiger partial charge in [-0.3, -0.25) is 4.79 Å². The van der Waals surface area contributed by atoms with Crippen LogP contribution in [0.15, 0.2) is 0 Å². The van der Waals surface area contributed by atoms with E-state index in [1.54, 1.807) is 0 Å². The van der Waals surface area contributed by atoms with Crippen molar-refractivity contribution in [1.29, 1.82) is 0 Å². The van der Waals surface area contributed by atoms with Crippen LogP contribution in [-0.4, -0.2) is 36.9 Å². The summed E-state index contributed by atoms with van der Waals surface area (Å²) in [5, 5.41) is -3.81. The van der Waals surface area contributed by atoms with E-state index in [4.69, 9.17) is 4.74 Å². The largest absolute Gasteiger partial charge is 0.378 e. The minimum absolute atomic E-state index is 0.0509. The SMILES string of the molecule is C[C@@H](OCCC(F)(F)S(=O)(=O)C(C)(C)C)[C@H]1CC[C@H]2C(=O)CCC[C@]12C. The molecule has 0 saturated heterocycles. The zero-order chi connectivity index (χ0) is 20.0. The van der Waals surface area contributed by atoms with E-state index >= 15 is 0 Å². The highest BCUT2D eigenvalue weighted by Crippen LogP contribution is 2.55. The Morgan fingerprint density at radius 3 is 2.46 bits per heavy atom. The molecule has 0 aromatic rings. The quantitative estimate of drug-likeness (QED) is 0.671. The molecule has 2 aliphatic carbocycles. The molecule has 2 aliphatic rings. The molecule has 0 unspecified atom stereocenters. The van der Waals surface area contributed by atoms with Gasteiger partial charge in [-0.05, 0) is 64.7 Å². The maximum Gasteiger partial charge on any atom is 0.348 e. The highest BCUT2D eigenvalue weighted by atomic mass is 32.2. The van der Waals surface area contributed by atoms with Crippen molar-refractivity contribution < 1.29 is 26.7 Å². The Morgan fingerprint density at radius 1 is 1.27 bits per heavy atom. The topological polar surface area (TPSA) is 60.4 Å². The zero-order valence-electron chi connectivity index (χ0n) is 16.5. The summed E-state index contributed by atoms with van der Waals surface area (Å²) in [6, 6.07) is 0. The van der Waals surface area contributed by atoms with Gasteiger partial charge in [0.05, 0.1) is 17.5 Å². The van der Waals surface area contributed by atoms with Gasteiger partial charge < -0.3 is 4.74 Å². The van der Waals surface area contributed by atoms with Gasteiger partial charge in [0, 0.05) is 18.8 Å². The molecule has 0 spiro atoms. The van der Waals surface area contributed by atoms with Crippen LogP contribution < -0.4 is 0 Å². The number of Topliss-reactive ketones (excluding diaryl/α,β-unsaturated/α-hetero) is 1. The molecule has 0 heterocycles. The fourth-order valence-corrected chi connectivity index (χ4v) is 6.05. The van der Waals surface area contributed by atoms with Crippen molar-refractivity contribution in [1.82, 2.24) is 0 Å². The second kappa shape index (κ2) is 7.12. The third-order valence-corrected chi connectivity index (χ3v) is 9.08. The second-order valence-electron chi connectivity index (χ2n) is 9.14. The molecule has 2 rings (SSSR count). The lowest BCUT2D eigenvalue weighted by Crippen LogP contribution is -2.43. The number of alkyl halides is 2. The summed E-state index contributed by atoms with van der Waals surface area (Å²) >= 11 is 0. The summed E-state index contributed by atoms with van der Waals surface area (Å²) in [4.78, 5) is 12.2. The molecule has 7 heteroatoms. The Morgan fingerprint density at radius 2 is 1.88 bits per heavy atom. The molecule has 0 radical (unpaired) electrons. The maximum atomic E-state index is 14.2. The number of rotatable bonds is 6. The maximum absolute atomic E-state index is 14.2. The molecule has 0 amide bonds. The van der Waals surface area contributed by atoms with Crippen LogP contribution in [0.3, 0.4) is 0 Å². The highest BCUT2D eigenvalue weighted by Gasteiger charge is 2.54. The van der Waals surface area contributed by atoms with Crippen LogP contribution in [0.4, 0.5) is 8.78 Å². The molecule has 152 valence electrons. The lowest BCUT2D eigenvalue weighted by Gasteiger charge is -2.42. The van der Waals surface area contributed by atoms with Crippen molar-refractivity contribution in [3.63, 3.8) is 0 Å². The van der Waals surface area contributed by atoms with Crippen LogP contribution in [0, 0.1) is 17.3 Å². The summed E-state index contributed by atoms with van der Waals surface area (Å²) in [5.74, 6) is 0.510. The Labute approximate surface area is 156 Å². The second-order valence-corrected chi connectivity index (χ2v) is 12.0. The summed E-state index contributed by atoms with van der Waals surface area (Å²) in [6.45, 7) is 7.49. The standard InChI is InChI=1S/C19H32F2O4S/c1-13(14-8-9-15-16(22)7-6-10-18(14,15)5)25-12-11-19(20,21)26(23,24)17(2,3)4/h13-15H,6-12H2,1-5H3/t13-,14-,15+,18-/m1/s1. The van der Waals surface area contributed by atoms with Crippen molar-refractivity contribution >= 4 is 15.6 Å². The number of carbonyl (C=O) groups is 1. The smallest absolute Gasteiger partial charge is 0.348 e. The Kier molecular flexibility index (Phi) is 5.95. The first-order chi connectivity index (χ1) is 11.7. The zero-order valence-corrected chi connectivity index (χ0v) is 17.3. The van der Waals surface area contributed by atoms with Crippen LogP contribution in [0.5, 0.6) is 0 Å². The first kappa shape index (κ1) is 21.7. The van der Waals surface area contributed by atoms with E-state index < -0.39 is 26.3 Å². The number of ketones is 1. The summed E-state index contributed by atoms with van der Waals surface area (Å²) < 4.78 is 56.6. The van der Waals surface area contributed by atoms with E-state index in [1.807, 2.05) is 6.92 Å². The molecule has 0 N–H and O–H groups in total. The lowest BCUT2D eigenvalue weighted by molar-refractivity contribution is -0.131. The van der Waals surface area contributed by atoms with Crippen molar-refractivity contribution in [3.8, 4) is 0 Å². The summed E-state index contributed by atoms with van der Waals surface area (Å²) in [6.07, 6.45) is 3.03. The summed E-state index contributed by atoms with van der Waals surface area (Å²) in [5.41, 5.74) is -0.130. The Bertz CT molecular complexity index is 638. The number of ether oxygens (including phenoxy) is 1. The molecule has 0 aromatic heterocycles. The first-order valence-electron chi connectivity index (χ1n) is 9.50. The predicted molar refractivity (Wildman–Crippen MR) is 96.8 cm³/mol. The van der Waals surface area contributed by atoms with Crippen LogP contribution >= 0.6 is 0 Å². The molecular formula is C19H32F2O4S. The van der Waals surface area contributed by atoms with Crippen LogP contribution in [0.25, 0.3) is 0 Å². The Hall–Kier alpha value is -0.560. The molecular weight excluding hydrogens is 362 g/mol. The van der Waals surface area contributed by atoms with E-state index in [1.165, 1.54) is 20.8 Å². The number of carbonyl (C=O) groups excluding carboxylic acids is 1. The van der Waals surface area contributed by atoms with Gasteiger partial charge in [-0.15, -0.1) is 0 Å². The van der Waals surface area contributed by atoms with Gasteiger partial charge in [0.1, 0.15) is 5.78 Å². The van der Waals surface area contributed by atoms with Gasteiger partial charge in [0.2, 0.25) is 9.84 Å². The molecule has 4 nitrogen and oxygen atoms in total. The first-order valence-corrected chi connectivity index (χ1v) is 11.0. The van der Waals surface area contributed by atoms with Gasteiger partial charge in [-0.2, -0.15) is 8.78 Å². The van der Waals surface area contributed by atoms with Gasteiger partial charge in [-0.25, -0.2) is 8.42 Å². The summed E-state index contributed by atoms with van der Waals surface area (Å²) in [7, 11) is -4.59. The van der Waals surface area contributed by atoms with Crippen molar-refractivity contribution in [2.24, 2.45) is 17.3 Å². The third kappa shape index (κ3) is 3.71. The van der Waals surface area contributed by atoms with Crippen molar-refractivity contribution in [2.45, 2.75) is 89.2 Å². The average Bonchev–Trinajstić information content (AvgIpc) is 2.84. The minimum Gasteiger partial charge on any atom is -0.378 e. The number of halogens is 2. The number of hydrogen-bond donors (Lipinski definition) is 0. The van der Waals surface area contributed by atoms with E-state index in [0.29, 0.717) is 12.2 Å².